The highest BCUT2D eigenvalue weighted by Gasteiger charge is 2.44. The molecule has 2 aromatic rings. The number of methoxy groups -OCH3 is 2. The number of hydrogen-bond acceptors (Lipinski definition) is 11. The molecule has 7 N–H and O–H groups in total. The molecule has 0 saturated carbocycles. The second-order valence-electron chi connectivity index (χ2n) is 9.15. The zero-order chi connectivity index (χ0) is 27.1. The summed E-state index contributed by atoms with van der Waals surface area (Å²) in [5, 5.41) is 70.1. The molecule has 37 heavy (non-hydrogen) atoms. The lowest BCUT2D eigenvalue weighted by molar-refractivity contribution is -0.304. The van der Waals surface area contributed by atoms with Crippen molar-refractivity contribution in [1.29, 1.82) is 0 Å². The van der Waals surface area contributed by atoms with Gasteiger partial charge >= 0.3 is 0 Å². The third-order valence-electron chi connectivity index (χ3n) is 6.71. The molecule has 1 saturated heterocycles. The van der Waals surface area contributed by atoms with Crippen LogP contribution < -0.4 is 9.47 Å². The van der Waals surface area contributed by atoms with Crippen molar-refractivity contribution in [3.8, 4) is 23.0 Å². The van der Waals surface area contributed by atoms with Crippen LogP contribution in [0, 0.1) is 11.8 Å². The number of aliphatic hydroxyl groups is 5. The zero-order valence-electron chi connectivity index (χ0n) is 20.8. The van der Waals surface area contributed by atoms with Crippen LogP contribution in [0.2, 0.25) is 0 Å². The van der Waals surface area contributed by atoms with Gasteiger partial charge in [-0.15, -0.1) is 0 Å². The molecule has 1 aliphatic heterocycles. The smallest absolute Gasteiger partial charge is 0.186 e. The van der Waals surface area contributed by atoms with E-state index in [0.29, 0.717) is 18.6 Å². The molecule has 2 aromatic carbocycles. The molecule has 0 aromatic heterocycles. The van der Waals surface area contributed by atoms with Gasteiger partial charge in [0.2, 0.25) is 0 Å². The van der Waals surface area contributed by atoms with E-state index in [-0.39, 0.29) is 42.3 Å². The third-order valence-corrected chi connectivity index (χ3v) is 6.71. The molecular formula is C26H36O11. The Kier molecular flexibility index (Phi) is 10.4. The highest BCUT2D eigenvalue weighted by molar-refractivity contribution is 5.43. The number of ether oxygens (including phenoxy) is 4. The molecule has 11 heteroatoms. The average molecular weight is 525 g/mol. The van der Waals surface area contributed by atoms with Crippen LogP contribution >= 0.6 is 0 Å². The van der Waals surface area contributed by atoms with Crippen LogP contribution in [-0.4, -0.2) is 100 Å². The van der Waals surface area contributed by atoms with Crippen molar-refractivity contribution in [3.63, 3.8) is 0 Å². The fourth-order valence-electron chi connectivity index (χ4n) is 4.47. The Balaban J connectivity index is 1.83. The van der Waals surface area contributed by atoms with Gasteiger partial charge in [-0.3, -0.25) is 0 Å². The number of phenols is 2. The quantitative estimate of drug-likeness (QED) is 0.198. The summed E-state index contributed by atoms with van der Waals surface area (Å²) in [5.41, 5.74) is 1.59. The van der Waals surface area contributed by atoms with Crippen molar-refractivity contribution in [1.82, 2.24) is 0 Å². The molecule has 0 unspecified atom stereocenters. The maximum atomic E-state index is 10.4. The second-order valence-corrected chi connectivity index (χ2v) is 9.15. The van der Waals surface area contributed by atoms with Crippen molar-refractivity contribution in [3.05, 3.63) is 47.5 Å². The SMILES string of the molecule is COc1cc(C[C@@H](CO)[C@H](CO[C@H]2O[C@@H](CO)[C@H](O)[C@@H](O)[C@@H]2O)Cc2ccc(O)c(OC)c2)ccc1O. The van der Waals surface area contributed by atoms with E-state index in [1.54, 1.807) is 24.3 Å². The Morgan fingerprint density at radius 1 is 0.784 bits per heavy atom. The van der Waals surface area contributed by atoms with Crippen LogP contribution in [0.5, 0.6) is 23.0 Å². The molecule has 0 aliphatic carbocycles. The number of benzene rings is 2. The predicted molar refractivity (Wildman–Crippen MR) is 131 cm³/mol. The molecule has 1 fully saturated rings. The molecule has 3 rings (SSSR count). The molecule has 1 aliphatic rings. The maximum absolute atomic E-state index is 10.4. The third kappa shape index (κ3) is 7.02. The molecule has 7 atom stereocenters. The standard InChI is InChI=1S/C26H36O11/c1-34-20-9-14(3-5-18(20)29)7-16(11-27)17(8-15-4-6-19(30)21(10-15)35-2)13-36-26-25(33)24(32)23(31)22(12-28)37-26/h3-6,9-10,16-17,22-33H,7-8,11-13H2,1-2H3/t16-,17-,22-,23-,24+,25-,26-/m0/s1. The van der Waals surface area contributed by atoms with Crippen molar-refractivity contribution < 1.29 is 54.7 Å². The lowest BCUT2D eigenvalue weighted by atomic mass is 9.83. The van der Waals surface area contributed by atoms with Gasteiger partial charge in [0.1, 0.15) is 24.4 Å². The van der Waals surface area contributed by atoms with Gasteiger partial charge < -0.3 is 54.7 Å². The molecule has 11 nitrogen and oxygen atoms in total. The zero-order valence-corrected chi connectivity index (χ0v) is 20.8. The molecule has 1 heterocycles. The first-order valence-electron chi connectivity index (χ1n) is 12.0. The first-order valence-corrected chi connectivity index (χ1v) is 12.0. The van der Waals surface area contributed by atoms with E-state index in [0.717, 1.165) is 11.1 Å². The number of aliphatic hydroxyl groups excluding tert-OH is 5. The summed E-state index contributed by atoms with van der Waals surface area (Å²) in [7, 11) is 2.88. The van der Waals surface area contributed by atoms with E-state index in [1.807, 2.05) is 0 Å². The predicted octanol–water partition coefficient (Wildman–Crippen LogP) is -0.0586. The minimum absolute atomic E-state index is 0.00881. The average Bonchev–Trinajstić information content (AvgIpc) is 2.91. The molecule has 0 spiro atoms. The Labute approximate surface area is 215 Å². The van der Waals surface area contributed by atoms with E-state index in [4.69, 9.17) is 18.9 Å². The molecule has 0 bridgehead atoms. The van der Waals surface area contributed by atoms with E-state index >= 15 is 0 Å². The lowest BCUT2D eigenvalue weighted by Gasteiger charge is -2.40. The summed E-state index contributed by atoms with van der Waals surface area (Å²) in [5.74, 6) is -0.160. The summed E-state index contributed by atoms with van der Waals surface area (Å²) < 4.78 is 21.7. The van der Waals surface area contributed by atoms with Gasteiger partial charge in [-0.25, -0.2) is 0 Å². The maximum Gasteiger partial charge on any atom is 0.186 e. The van der Waals surface area contributed by atoms with Crippen LogP contribution in [0.4, 0.5) is 0 Å². The Morgan fingerprint density at radius 2 is 1.32 bits per heavy atom. The van der Waals surface area contributed by atoms with Gasteiger partial charge in [0.05, 0.1) is 27.4 Å². The largest absolute Gasteiger partial charge is 0.504 e. The van der Waals surface area contributed by atoms with Crippen LogP contribution in [-0.2, 0) is 22.3 Å². The van der Waals surface area contributed by atoms with E-state index in [1.165, 1.54) is 26.4 Å². The Bertz CT molecular complexity index is 998. The first-order chi connectivity index (χ1) is 17.7. The molecule has 0 amide bonds. The van der Waals surface area contributed by atoms with Gasteiger partial charge in [0, 0.05) is 6.61 Å². The van der Waals surface area contributed by atoms with Crippen LogP contribution in [0.25, 0.3) is 0 Å². The van der Waals surface area contributed by atoms with Gasteiger partial charge in [-0.05, 0) is 60.1 Å². The van der Waals surface area contributed by atoms with E-state index in [2.05, 4.69) is 0 Å². The normalized spacial score (nSPS) is 25.4. The van der Waals surface area contributed by atoms with Gasteiger partial charge in [-0.2, -0.15) is 0 Å². The van der Waals surface area contributed by atoms with E-state index in [9.17, 15) is 35.7 Å². The van der Waals surface area contributed by atoms with E-state index < -0.39 is 37.3 Å². The number of hydrogen-bond donors (Lipinski definition) is 7. The minimum atomic E-state index is -1.58. The topological polar surface area (TPSA) is 179 Å². The molecular weight excluding hydrogens is 488 g/mol. The van der Waals surface area contributed by atoms with Crippen molar-refractivity contribution in [2.45, 2.75) is 43.5 Å². The van der Waals surface area contributed by atoms with Crippen molar-refractivity contribution in [2.75, 3.05) is 34.0 Å². The summed E-state index contributed by atoms with van der Waals surface area (Å²) >= 11 is 0. The lowest BCUT2D eigenvalue weighted by Crippen LogP contribution is -2.59. The highest BCUT2D eigenvalue weighted by Crippen LogP contribution is 2.32. The Morgan fingerprint density at radius 3 is 1.81 bits per heavy atom. The van der Waals surface area contributed by atoms with Gasteiger partial charge in [0.15, 0.2) is 29.3 Å². The molecule has 206 valence electrons. The van der Waals surface area contributed by atoms with Crippen LogP contribution in [0.15, 0.2) is 36.4 Å². The van der Waals surface area contributed by atoms with Gasteiger partial charge in [0.25, 0.3) is 0 Å². The summed E-state index contributed by atoms with van der Waals surface area (Å²) in [6.07, 6.45) is -6.29. The number of rotatable bonds is 12. The number of aromatic hydroxyl groups is 2. The second kappa shape index (κ2) is 13.2. The Hall–Kier alpha value is -2.64. The number of phenolic OH excluding ortho intramolecular Hbond substituents is 2. The fraction of sp³-hybridized carbons (Fsp3) is 0.538. The van der Waals surface area contributed by atoms with Crippen molar-refractivity contribution >= 4 is 0 Å². The summed E-state index contributed by atoms with van der Waals surface area (Å²) in [6.45, 7) is -0.822. The molecule has 0 radical (unpaired) electrons. The first kappa shape index (κ1) is 28.9. The van der Waals surface area contributed by atoms with Crippen LogP contribution in [0.3, 0.4) is 0 Å². The van der Waals surface area contributed by atoms with Crippen molar-refractivity contribution in [2.24, 2.45) is 11.8 Å². The summed E-state index contributed by atoms with van der Waals surface area (Å²) in [6, 6.07) is 9.80. The summed E-state index contributed by atoms with van der Waals surface area (Å²) in [4.78, 5) is 0. The van der Waals surface area contributed by atoms with Crippen LogP contribution in [0.1, 0.15) is 11.1 Å². The monoisotopic (exact) mass is 524 g/mol. The fourth-order valence-corrected chi connectivity index (χ4v) is 4.47. The van der Waals surface area contributed by atoms with Gasteiger partial charge in [-0.1, -0.05) is 12.1 Å². The highest BCUT2D eigenvalue weighted by atomic mass is 16.7. The minimum Gasteiger partial charge on any atom is -0.504 e.